The molecule has 7 nitrogen and oxygen atoms in total. The predicted molar refractivity (Wildman–Crippen MR) is 132 cm³/mol. The first-order valence-electron chi connectivity index (χ1n) is 11.0. The number of aromatic nitrogens is 1. The molecular weight excluding hydrogens is 428 g/mol. The molecule has 3 aromatic rings. The summed E-state index contributed by atoms with van der Waals surface area (Å²) in [5.41, 5.74) is 2.65. The molecule has 0 radical (unpaired) electrons. The maximum Gasteiger partial charge on any atom is 0.256 e. The standard InChI is InChI=1S/C27H28N4O3/c1-17(2)34-23-12-22(14-29-15-23)31-26(33)24-13-21(10-9-18(24)3)30-25(32)19-7-6-8-20(11-19)27(4,5)16-28/h6-15,17H,1-5H3,(H,30,32)(H,31,33). The van der Waals surface area contributed by atoms with Crippen LogP contribution in [0.15, 0.2) is 60.9 Å². The van der Waals surface area contributed by atoms with E-state index in [9.17, 15) is 14.9 Å². The van der Waals surface area contributed by atoms with E-state index in [4.69, 9.17) is 4.74 Å². The summed E-state index contributed by atoms with van der Waals surface area (Å²) in [7, 11) is 0. The van der Waals surface area contributed by atoms with Crippen LogP contribution in [0.2, 0.25) is 0 Å². The minimum Gasteiger partial charge on any atom is -0.489 e. The lowest BCUT2D eigenvalue weighted by molar-refractivity contribution is 0.101. The van der Waals surface area contributed by atoms with Crippen LogP contribution in [0.4, 0.5) is 11.4 Å². The number of nitriles is 1. The number of carbonyl (C=O) groups is 2. The zero-order valence-corrected chi connectivity index (χ0v) is 20.0. The van der Waals surface area contributed by atoms with Crippen molar-refractivity contribution in [3.63, 3.8) is 0 Å². The zero-order chi connectivity index (χ0) is 24.9. The number of anilines is 2. The second kappa shape index (κ2) is 10.2. The largest absolute Gasteiger partial charge is 0.489 e. The van der Waals surface area contributed by atoms with Crippen LogP contribution in [-0.2, 0) is 5.41 Å². The number of nitrogens with one attached hydrogen (secondary N) is 2. The first-order valence-corrected chi connectivity index (χ1v) is 11.0. The van der Waals surface area contributed by atoms with Gasteiger partial charge in [0.2, 0.25) is 0 Å². The van der Waals surface area contributed by atoms with Gasteiger partial charge in [-0.05, 0) is 70.0 Å². The van der Waals surface area contributed by atoms with Crippen LogP contribution in [0, 0.1) is 18.3 Å². The van der Waals surface area contributed by atoms with Gasteiger partial charge in [-0.3, -0.25) is 14.6 Å². The molecule has 0 aliphatic rings. The molecule has 1 aromatic heterocycles. The summed E-state index contributed by atoms with van der Waals surface area (Å²) in [5, 5.41) is 15.0. The highest BCUT2D eigenvalue weighted by Crippen LogP contribution is 2.24. The zero-order valence-electron chi connectivity index (χ0n) is 20.0. The molecule has 0 saturated carbocycles. The third kappa shape index (κ3) is 5.99. The van der Waals surface area contributed by atoms with Crippen molar-refractivity contribution in [2.45, 2.75) is 46.1 Å². The number of benzene rings is 2. The van der Waals surface area contributed by atoms with Crippen molar-refractivity contribution in [3.05, 3.63) is 83.2 Å². The second-order valence-corrected chi connectivity index (χ2v) is 8.83. The third-order valence-corrected chi connectivity index (χ3v) is 5.21. The molecule has 0 unspecified atom stereocenters. The van der Waals surface area contributed by atoms with Crippen LogP contribution in [-0.4, -0.2) is 22.9 Å². The van der Waals surface area contributed by atoms with Crippen LogP contribution < -0.4 is 15.4 Å². The summed E-state index contributed by atoms with van der Waals surface area (Å²) in [4.78, 5) is 29.9. The van der Waals surface area contributed by atoms with Crippen molar-refractivity contribution in [2.75, 3.05) is 10.6 Å². The number of aryl methyl sites for hydroxylation is 1. The molecule has 0 spiro atoms. The van der Waals surface area contributed by atoms with E-state index in [2.05, 4.69) is 21.7 Å². The van der Waals surface area contributed by atoms with Gasteiger partial charge in [-0.2, -0.15) is 5.26 Å². The lowest BCUT2D eigenvalue weighted by Crippen LogP contribution is -2.18. The van der Waals surface area contributed by atoms with Crippen LogP contribution in [0.1, 0.15) is 59.5 Å². The summed E-state index contributed by atoms with van der Waals surface area (Å²) in [6, 6.07) is 16.1. The summed E-state index contributed by atoms with van der Waals surface area (Å²) in [6.45, 7) is 9.25. The third-order valence-electron chi connectivity index (χ3n) is 5.21. The molecule has 2 amide bonds. The van der Waals surface area contributed by atoms with E-state index in [0.29, 0.717) is 28.3 Å². The van der Waals surface area contributed by atoms with Crippen LogP contribution in [0.3, 0.4) is 0 Å². The fraction of sp³-hybridized carbons (Fsp3) is 0.259. The molecule has 1 heterocycles. The predicted octanol–water partition coefficient (Wildman–Crippen LogP) is 5.48. The summed E-state index contributed by atoms with van der Waals surface area (Å²) >= 11 is 0. The van der Waals surface area contributed by atoms with Gasteiger partial charge in [0.05, 0.1) is 35.7 Å². The van der Waals surface area contributed by atoms with Crippen molar-refractivity contribution in [1.82, 2.24) is 4.98 Å². The Kier molecular flexibility index (Phi) is 7.32. The van der Waals surface area contributed by atoms with Gasteiger partial charge in [-0.25, -0.2) is 0 Å². The number of ether oxygens (including phenoxy) is 1. The van der Waals surface area contributed by atoms with Gasteiger partial charge in [-0.1, -0.05) is 18.2 Å². The minimum atomic E-state index is -0.711. The molecule has 0 atom stereocenters. The summed E-state index contributed by atoms with van der Waals surface area (Å²) < 4.78 is 5.63. The number of carbonyl (C=O) groups excluding carboxylic acids is 2. The van der Waals surface area contributed by atoms with Gasteiger partial charge in [0, 0.05) is 22.9 Å². The fourth-order valence-corrected chi connectivity index (χ4v) is 3.28. The van der Waals surface area contributed by atoms with Gasteiger partial charge < -0.3 is 15.4 Å². The van der Waals surface area contributed by atoms with E-state index < -0.39 is 5.41 Å². The Labute approximate surface area is 199 Å². The molecule has 0 aliphatic heterocycles. The Morgan fingerprint density at radius 1 is 1.00 bits per heavy atom. The molecule has 7 heteroatoms. The summed E-state index contributed by atoms with van der Waals surface area (Å²) in [5.74, 6) is -0.0873. The Hall–Kier alpha value is -4.18. The second-order valence-electron chi connectivity index (χ2n) is 8.83. The Morgan fingerprint density at radius 3 is 2.44 bits per heavy atom. The molecule has 34 heavy (non-hydrogen) atoms. The average molecular weight is 457 g/mol. The van der Waals surface area contributed by atoms with E-state index in [1.165, 1.54) is 0 Å². The summed E-state index contributed by atoms with van der Waals surface area (Å²) in [6.07, 6.45) is 3.12. The lowest BCUT2D eigenvalue weighted by atomic mass is 9.85. The normalized spacial score (nSPS) is 11.0. The minimum absolute atomic E-state index is 0.0121. The van der Waals surface area contributed by atoms with Crippen LogP contribution in [0.25, 0.3) is 0 Å². The van der Waals surface area contributed by atoms with Crippen molar-refractivity contribution in [1.29, 1.82) is 5.26 Å². The van der Waals surface area contributed by atoms with Gasteiger partial charge in [-0.15, -0.1) is 0 Å². The molecule has 0 bridgehead atoms. The van der Waals surface area contributed by atoms with Crippen molar-refractivity contribution in [2.24, 2.45) is 0 Å². The van der Waals surface area contributed by atoms with E-state index in [1.54, 1.807) is 68.7 Å². The molecule has 2 N–H and O–H groups in total. The van der Waals surface area contributed by atoms with Gasteiger partial charge in [0.25, 0.3) is 11.8 Å². The highest BCUT2D eigenvalue weighted by molar-refractivity contribution is 6.08. The maximum absolute atomic E-state index is 12.9. The molecule has 0 aliphatic carbocycles. The van der Waals surface area contributed by atoms with E-state index >= 15 is 0 Å². The fourth-order valence-electron chi connectivity index (χ4n) is 3.28. The Balaban J connectivity index is 1.78. The highest BCUT2D eigenvalue weighted by Gasteiger charge is 2.21. The molecule has 2 aromatic carbocycles. The quantitative estimate of drug-likeness (QED) is 0.490. The van der Waals surface area contributed by atoms with Crippen molar-refractivity contribution >= 4 is 23.2 Å². The number of hydrogen-bond acceptors (Lipinski definition) is 5. The Bertz CT molecular complexity index is 1260. The number of amides is 2. The molecule has 0 saturated heterocycles. The first kappa shape index (κ1) is 24.5. The number of pyridine rings is 1. The SMILES string of the molecule is Cc1ccc(NC(=O)c2cccc(C(C)(C)C#N)c2)cc1C(=O)Nc1cncc(OC(C)C)c1. The van der Waals surface area contributed by atoms with Gasteiger partial charge in [0.15, 0.2) is 0 Å². The van der Waals surface area contributed by atoms with Crippen molar-refractivity contribution < 1.29 is 14.3 Å². The molecule has 3 rings (SSSR count). The topological polar surface area (TPSA) is 104 Å². The van der Waals surface area contributed by atoms with Crippen molar-refractivity contribution in [3.8, 4) is 11.8 Å². The molecular formula is C27H28N4O3. The number of nitrogens with zero attached hydrogens (tertiary/aromatic N) is 2. The Morgan fingerprint density at radius 2 is 1.74 bits per heavy atom. The first-order chi connectivity index (χ1) is 16.1. The highest BCUT2D eigenvalue weighted by atomic mass is 16.5. The maximum atomic E-state index is 12.9. The molecule has 0 fully saturated rings. The molecule has 174 valence electrons. The lowest BCUT2D eigenvalue weighted by Gasteiger charge is -2.16. The van der Waals surface area contributed by atoms with E-state index in [0.717, 1.165) is 11.1 Å². The smallest absolute Gasteiger partial charge is 0.256 e. The number of rotatable bonds is 7. The van der Waals surface area contributed by atoms with E-state index in [-0.39, 0.29) is 17.9 Å². The van der Waals surface area contributed by atoms with Crippen LogP contribution in [0.5, 0.6) is 5.75 Å². The monoisotopic (exact) mass is 456 g/mol. The average Bonchev–Trinajstić information content (AvgIpc) is 2.80. The van der Waals surface area contributed by atoms with Crippen LogP contribution >= 0.6 is 0 Å². The van der Waals surface area contributed by atoms with Gasteiger partial charge >= 0.3 is 0 Å². The number of hydrogen-bond donors (Lipinski definition) is 2. The van der Waals surface area contributed by atoms with Gasteiger partial charge in [0.1, 0.15) is 5.75 Å². The van der Waals surface area contributed by atoms with E-state index in [1.807, 2.05) is 26.8 Å².